The van der Waals surface area contributed by atoms with Gasteiger partial charge >= 0.3 is 5.97 Å². The van der Waals surface area contributed by atoms with Crippen molar-refractivity contribution in [3.05, 3.63) is 0 Å². The van der Waals surface area contributed by atoms with Crippen molar-refractivity contribution in [2.24, 2.45) is 0 Å². The molecule has 1 N–H and O–H groups in total. The van der Waals surface area contributed by atoms with E-state index in [2.05, 4.69) is 0 Å². The second kappa shape index (κ2) is 5.17. The molecule has 0 rings (SSSR count). The van der Waals surface area contributed by atoms with Crippen molar-refractivity contribution in [3.63, 3.8) is 0 Å². The zero-order valence-electron chi connectivity index (χ0n) is 6.28. The number of aldehydes is 1. The molecule has 0 radical (unpaired) electrons. The number of carbonyl (C=O) groups excluding carboxylic acids is 3. The molecule has 5 heteroatoms. The lowest BCUT2D eigenvalue weighted by Gasteiger charge is -1.92. The SMILES string of the molecule is O=CCC(=O)CC(=O)CC(=O)O. The van der Waals surface area contributed by atoms with Crippen molar-refractivity contribution in [1.82, 2.24) is 0 Å². The lowest BCUT2D eigenvalue weighted by Crippen LogP contribution is -2.12. The van der Waals surface area contributed by atoms with Crippen LogP contribution in [0.25, 0.3) is 0 Å². The maximum atomic E-state index is 10.6. The van der Waals surface area contributed by atoms with Crippen LogP contribution in [0.1, 0.15) is 19.3 Å². The number of carboxylic acid groups (broad SMARTS) is 1. The van der Waals surface area contributed by atoms with E-state index in [9.17, 15) is 19.2 Å². The molecule has 0 aromatic rings. The number of aliphatic carboxylic acids is 1. The standard InChI is InChI=1S/C7H8O5/c8-2-1-5(9)3-6(10)4-7(11)12/h2H,1,3-4H2,(H,11,12). The molecule has 0 aliphatic heterocycles. The summed E-state index contributed by atoms with van der Waals surface area (Å²) in [6.45, 7) is 0. The molecule has 0 aromatic carbocycles. The quantitative estimate of drug-likeness (QED) is 0.434. The Balaban J connectivity index is 3.76. The van der Waals surface area contributed by atoms with Crippen LogP contribution in [-0.4, -0.2) is 28.9 Å². The van der Waals surface area contributed by atoms with E-state index in [0.717, 1.165) is 0 Å². The first-order valence-electron chi connectivity index (χ1n) is 3.25. The zero-order chi connectivity index (χ0) is 9.56. The van der Waals surface area contributed by atoms with Gasteiger partial charge < -0.3 is 9.90 Å². The van der Waals surface area contributed by atoms with Gasteiger partial charge in [0, 0.05) is 0 Å². The van der Waals surface area contributed by atoms with Crippen molar-refractivity contribution in [1.29, 1.82) is 0 Å². The summed E-state index contributed by atoms with van der Waals surface area (Å²) in [5.74, 6) is -2.48. The van der Waals surface area contributed by atoms with Gasteiger partial charge in [-0.3, -0.25) is 14.4 Å². The third kappa shape index (κ3) is 5.28. The van der Waals surface area contributed by atoms with Crippen LogP contribution in [0.3, 0.4) is 0 Å². The summed E-state index contributed by atoms with van der Waals surface area (Å²) in [6, 6.07) is 0. The summed E-state index contributed by atoms with van der Waals surface area (Å²) >= 11 is 0. The minimum absolute atomic E-state index is 0.328. The van der Waals surface area contributed by atoms with Crippen LogP contribution in [0.4, 0.5) is 0 Å². The average Bonchev–Trinajstić information content (AvgIpc) is 1.84. The third-order valence-corrected chi connectivity index (χ3v) is 1.05. The van der Waals surface area contributed by atoms with E-state index >= 15 is 0 Å². The monoisotopic (exact) mass is 172 g/mol. The van der Waals surface area contributed by atoms with Crippen molar-refractivity contribution < 1.29 is 24.3 Å². The molecule has 0 heterocycles. The molecule has 0 aromatic heterocycles. The third-order valence-electron chi connectivity index (χ3n) is 1.05. The first kappa shape index (κ1) is 10.5. The van der Waals surface area contributed by atoms with E-state index in [-0.39, 0.29) is 6.42 Å². The highest BCUT2D eigenvalue weighted by atomic mass is 16.4. The van der Waals surface area contributed by atoms with Crippen molar-refractivity contribution in [2.45, 2.75) is 19.3 Å². The van der Waals surface area contributed by atoms with Crippen LogP contribution in [0.15, 0.2) is 0 Å². The van der Waals surface area contributed by atoms with Crippen LogP contribution in [-0.2, 0) is 19.2 Å². The van der Waals surface area contributed by atoms with E-state index in [1.807, 2.05) is 0 Å². The Bertz CT molecular complexity index is 218. The number of rotatable bonds is 6. The Labute approximate surface area is 68.4 Å². The molecule has 0 aliphatic carbocycles. The molecular formula is C7H8O5. The molecule has 0 fully saturated rings. The molecule has 0 spiro atoms. The molecular weight excluding hydrogens is 164 g/mol. The Hall–Kier alpha value is -1.52. The smallest absolute Gasteiger partial charge is 0.310 e. The summed E-state index contributed by atoms with van der Waals surface area (Å²) in [7, 11) is 0. The molecule has 0 unspecified atom stereocenters. The summed E-state index contributed by atoms with van der Waals surface area (Å²) in [5.41, 5.74) is 0. The minimum atomic E-state index is -1.26. The average molecular weight is 172 g/mol. The molecule has 66 valence electrons. The molecule has 0 saturated heterocycles. The van der Waals surface area contributed by atoms with Gasteiger partial charge in [0.1, 0.15) is 18.5 Å². The highest BCUT2D eigenvalue weighted by Crippen LogP contribution is 1.93. The highest BCUT2D eigenvalue weighted by molar-refractivity contribution is 6.07. The topological polar surface area (TPSA) is 88.5 Å². The Morgan fingerprint density at radius 1 is 1.08 bits per heavy atom. The number of carbonyl (C=O) groups is 4. The first-order valence-corrected chi connectivity index (χ1v) is 3.25. The Kier molecular flexibility index (Phi) is 4.52. The van der Waals surface area contributed by atoms with Gasteiger partial charge in [0.05, 0.1) is 12.8 Å². The maximum Gasteiger partial charge on any atom is 0.310 e. The molecule has 0 saturated carbocycles. The van der Waals surface area contributed by atoms with Gasteiger partial charge in [-0.1, -0.05) is 0 Å². The fourth-order valence-electron chi connectivity index (χ4n) is 0.616. The second-order valence-corrected chi connectivity index (χ2v) is 2.20. The first-order chi connectivity index (χ1) is 5.56. The van der Waals surface area contributed by atoms with Gasteiger partial charge in [0.15, 0.2) is 5.78 Å². The van der Waals surface area contributed by atoms with Crippen LogP contribution < -0.4 is 0 Å². The number of Topliss-reactive ketones (excluding diaryl/α,β-unsaturated/α-hetero) is 2. The van der Waals surface area contributed by atoms with Crippen molar-refractivity contribution in [3.8, 4) is 0 Å². The fourth-order valence-corrected chi connectivity index (χ4v) is 0.616. The van der Waals surface area contributed by atoms with Crippen LogP contribution in [0.5, 0.6) is 0 Å². The highest BCUT2D eigenvalue weighted by Gasteiger charge is 2.11. The predicted octanol–water partition coefficient (Wildman–Crippen LogP) is -0.422. The van der Waals surface area contributed by atoms with Gasteiger partial charge in [-0.05, 0) is 0 Å². The second-order valence-electron chi connectivity index (χ2n) is 2.20. The number of carboxylic acids is 1. The largest absolute Gasteiger partial charge is 0.481 e. The Morgan fingerprint density at radius 3 is 2.08 bits per heavy atom. The maximum absolute atomic E-state index is 10.6. The number of hydrogen-bond donors (Lipinski definition) is 1. The lowest BCUT2D eigenvalue weighted by atomic mass is 10.1. The molecule has 12 heavy (non-hydrogen) atoms. The summed E-state index contributed by atoms with van der Waals surface area (Å²) in [6.07, 6.45) is -1.07. The molecule has 0 bridgehead atoms. The van der Waals surface area contributed by atoms with Gasteiger partial charge in [0.25, 0.3) is 0 Å². The normalized spacial score (nSPS) is 9.00. The number of ketones is 2. The summed E-state index contributed by atoms with van der Waals surface area (Å²) in [5, 5.41) is 8.13. The summed E-state index contributed by atoms with van der Waals surface area (Å²) < 4.78 is 0. The van der Waals surface area contributed by atoms with E-state index in [1.165, 1.54) is 0 Å². The van der Waals surface area contributed by atoms with E-state index in [1.54, 1.807) is 0 Å². The van der Waals surface area contributed by atoms with Crippen molar-refractivity contribution >= 4 is 23.8 Å². The molecule has 0 aliphatic rings. The van der Waals surface area contributed by atoms with Gasteiger partial charge in [-0.15, -0.1) is 0 Å². The minimum Gasteiger partial charge on any atom is -0.481 e. The van der Waals surface area contributed by atoms with Gasteiger partial charge in [0.2, 0.25) is 0 Å². The molecule has 0 amide bonds. The predicted molar refractivity (Wildman–Crippen MR) is 37.6 cm³/mol. The van der Waals surface area contributed by atoms with E-state index in [4.69, 9.17) is 5.11 Å². The number of hydrogen-bond acceptors (Lipinski definition) is 4. The van der Waals surface area contributed by atoms with Crippen LogP contribution >= 0.6 is 0 Å². The van der Waals surface area contributed by atoms with Crippen molar-refractivity contribution in [2.75, 3.05) is 0 Å². The van der Waals surface area contributed by atoms with E-state index in [0.29, 0.717) is 6.29 Å². The molecule has 5 nitrogen and oxygen atoms in total. The van der Waals surface area contributed by atoms with Gasteiger partial charge in [-0.25, -0.2) is 0 Å². The fraction of sp³-hybridized carbons (Fsp3) is 0.429. The Morgan fingerprint density at radius 2 is 1.67 bits per heavy atom. The lowest BCUT2D eigenvalue weighted by molar-refractivity contribution is -0.140. The van der Waals surface area contributed by atoms with E-state index < -0.39 is 30.4 Å². The molecule has 0 atom stereocenters. The van der Waals surface area contributed by atoms with Crippen LogP contribution in [0.2, 0.25) is 0 Å². The van der Waals surface area contributed by atoms with Gasteiger partial charge in [-0.2, -0.15) is 0 Å². The zero-order valence-corrected chi connectivity index (χ0v) is 6.28. The van der Waals surface area contributed by atoms with Crippen LogP contribution in [0, 0.1) is 0 Å². The summed E-state index contributed by atoms with van der Waals surface area (Å²) in [4.78, 5) is 40.9.